The van der Waals surface area contributed by atoms with Crippen LogP contribution in [0, 0.1) is 11.3 Å². The van der Waals surface area contributed by atoms with Crippen molar-refractivity contribution in [2.24, 2.45) is 11.3 Å². The fourth-order valence-corrected chi connectivity index (χ4v) is 2.40. The van der Waals surface area contributed by atoms with Gasteiger partial charge in [-0.05, 0) is 17.8 Å². The molecule has 1 saturated heterocycles. The third kappa shape index (κ3) is 3.03. The van der Waals surface area contributed by atoms with Gasteiger partial charge < -0.3 is 10.2 Å². The number of likely N-dealkylation sites (tertiary alicyclic amines) is 1. The van der Waals surface area contributed by atoms with Gasteiger partial charge in [-0.25, -0.2) is 4.98 Å². The second-order valence-electron chi connectivity index (χ2n) is 6.14. The Morgan fingerprint density at radius 3 is 2.74 bits per heavy atom. The maximum atomic E-state index is 12.4. The molecule has 0 aromatic carbocycles. The van der Waals surface area contributed by atoms with Crippen LogP contribution in [0.3, 0.4) is 0 Å². The number of carbonyl (C=O) groups excluding carboxylic acids is 1. The summed E-state index contributed by atoms with van der Waals surface area (Å²) in [5.41, 5.74) is 0.662. The predicted molar refractivity (Wildman–Crippen MR) is 75.0 cm³/mol. The second kappa shape index (κ2) is 5.15. The largest absolute Gasteiger partial charge is 0.372 e. The van der Waals surface area contributed by atoms with Crippen LogP contribution >= 0.6 is 0 Å². The molecule has 19 heavy (non-hydrogen) atoms. The van der Waals surface area contributed by atoms with E-state index in [0.717, 1.165) is 19.5 Å². The highest BCUT2D eigenvalue weighted by Gasteiger charge is 2.34. The molecule has 0 radical (unpaired) electrons. The van der Waals surface area contributed by atoms with E-state index in [1.807, 2.05) is 4.90 Å². The zero-order chi connectivity index (χ0) is 14.0. The first-order valence-electron chi connectivity index (χ1n) is 6.71. The fraction of sp³-hybridized carbons (Fsp3) is 0.643. The van der Waals surface area contributed by atoms with Crippen molar-refractivity contribution in [2.45, 2.75) is 27.2 Å². The number of aromatic nitrogens is 2. The molecular weight excluding hydrogens is 240 g/mol. The lowest BCUT2D eigenvalue weighted by molar-refractivity contribution is 0.0770. The molecule has 1 amide bonds. The molecule has 1 aromatic heterocycles. The maximum Gasteiger partial charge on any atom is 0.274 e. The Bertz CT molecular complexity index is 467. The van der Waals surface area contributed by atoms with E-state index >= 15 is 0 Å². The van der Waals surface area contributed by atoms with Crippen LogP contribution in [0.15, 0.2) is 12.4 Å². The van der Waals surface area contributed by atoms with Crippen LogP contribution in [0.2, 0.25) is 0 Å². The van der Waals surface area contributed by atoms with Crippen LogP contribution in [-0.2, 0) is 0 Å². The van der Waals surface area contributed by atoms with Gasteiger partial charge in [0.1, 0.15) is 11.5 Å². The molecule has 1 aliphatic heterocycles. The minimum atomic E-state index is -0.0173. The zero-order valence-electron chi connectivity index (χ0n) is 12.1. The molecule has 0 bridgehead atoms. The number of nitrogens with one attached hydrogen (secondary N) is 1. The number of amides is 1. The lowest BCUT2D eigenvalue weighted by Crippen LogP contribution is -2.31. The van der Waals surface area contributed by atoms with Crippen molar-refractivity contribution in [3.05, 3.63) is 18.1 Å². The molecule has 1 unspecified atom stereocenters. The van der Waals surface area contributed by atoms with Crippen molar-refractivity contribution in [3.8, 4) is 0 Å². The van der Waals surface area contributed by atoms with Gasteiger partial charge in [-0.1, -0.05) is 20.8 Å². The average Bonchev–Trinajstić information content (AvgIpc) is 2.87. The van der Waals surface area contributed by atoms with E-state index in [1.54, 1.807) is 13.2 Å². The monoisotopic (exact) mass is 262 g/mol. The summed E-state index contributed by atoms with van der Waals surface area (Å²) in [6.45, 7) is 8.31. The molecule has 0 saturated carbocycles. The summed E-state index contributed by atoms with van der Waals surface area (Å²) in [5, 5.41) is 2.90. The Labute approximate surface area is 114 Å². The molecule has 0 spiro atoms. The first-order chi connectivity index (χ1) is 8.91. The number of nitrogens with zero attached hydrogens (tertiary/aromatic N) is 3. The number of hydrogen-bond donors (Lipinski definition) is 1. The third-order valence-corrected chi connectivity index (χ3v) is 3.81. The van der Waals surface area contributed by atoms with Crippen LogP contribution < -0.4 is 5.32 Å². The van der Waals surface area contributed by atoms with E-state index < -0.39 is 0 Å². The van der Waals surface area contributed by atoms with Crippen LogP contribution in [-0.4, -0.2) is 40.9 Å². The molecule has 0 aliphatic carbocycles. The Hall–Kier alpha value is -1.65. The third-order valence-electron chi connectivity index (χ3n) is 3.81. The number of carbonyl (C=O) groups is 1. The predicted octanol–water partition coefficient (Wildman–Crippen LogP) is 2.03. The van der Waals surface area contributed by atoms with Crippen molar-refractivity contribution in [1.82, 2.24) is 14.9 Å². The van der Waals surface area contributed by atoms with Crippen LogP contribution in [0.5, 0.6) is 0 Å². The van der Waals surface area contributed by atoms with E-state index in [4.69, 9.17) is 0 Å². The first-order valence-corrected chi connectivity index (χ1v) is 6.71. The second-order valence-corrected chi connectivity index (χ2v) is 6.14. The summed E-state index contributed by atoms with van der Waals surface area (Å²) in [6, 6.07) is 0. The SMILES string of the molecule is CNc1cncc(C(=O)N2CCC(C(C)(C)C)C2)n1. The fourth-order valence-electron chi connectivity index (χ4n) is 2.40. The topological polar surface area (TPSA) is 58.1 Å². The molecule has 1 atom stereocenters. The minimum Gasteiger partial charge on any atom is -0.372 e. The van der Waals surface area contributed by atoms with Crippen LogP contribution in [0.4, 0.5) is 5.82 Å². The number of hydrogen-bond acceptors (Lipinski definition) is 4. The highest BCUT2D eigenvalue weighted by Crippen LogP contribution is 2.33. The molecule has 1 aliphatic rings. The molecule has 1 aromatic rings. The Kier molecular flexibility index (Phi) is 3.73. The van der Waals surface area contributed by atoms with Gasteiger partial charge in [0.05, 0.1) is 12.4 Å². The Balaban J connectivity index is 2.09. The van der Waals surface area contributed by atoms with Crippen LogP contribution in [0.25, 0.3) is 0 Å². The van der Waals surface area contributed by atoms with E-state index in [-0.39, 0.29) is 11.3 Å². The summed E-state index contributed by atoms with van der Waals surface area (Å²) in [6.07, 6.45) is 4.21. The quantitative estimate of drug-likeness (QED) is 0.886. The minimum absolute atomic E-state index is 0.0173. The van der Waals surface area contributed by atoms with Gasteiger partial charge in [0.2, 0.25) is 0 Å². The maximum absolute atomic E-state index is 12.4. The van der Waals surface area contributed by atoms with Gasteiger partial charge >= 0.3 is 0 Å². The molecule has 1 N–H and O–H groups in total. The molecule has 104 valence electrons. The van der Waals surface area contributed by atoms with Gasteiger partial charge in [-0.3, -0.25) is 9.78 Å². The molecule has 1 fully saturated rings. The van der Waals surface area contributed by atoms with Gasteiger partial charge in [-0.15, -0.1) is 0 Å². The first kappa shape index (κ1) is 13.8. The zero-order valence-corrected chi connectivity index (χ0v) is 12.1. The highest BCUT2D eigenvalue weighted by molar-refractivity contribution is 5.92. The van der Waals surface area contributed by atoms with E-state index in [1.165, 1.54) is 6.20 Å². The van der Waals surface area contributed by atoms with Gasteiger partial charge in [0.15, 0.2) is 0 Å². The average molecular weight is 262 g/mol. The van der Waals surface area contributed by atoms with Gasteiger partial charge in [-0.2, -0.15) is 0 Å². The lowest BCUT2D eigenvalue weighted by Gasteiger charge is -2.26. The standard InChI is InChI=1S/C14H22N4O/c1-14(2,3)10-5-6-18(9-10)13(19)11-7-16-8-12(15-4)17-11/h7-8,10H,5-6,9H2,1-4H3,(H,15,17). The van der Waals surface area contributed by atoms with Crippen molar-refractivity contribution >= 4 is 11.7 Å². The van der Waals surface area contributed by atoms with Crippen molar-refractivity contribution < 1.29 is 4.79 Å². The van der Waals surface area contributed by atoms with E-state index in [0.29, 0.717) is 17.4 Å². The van der Waals surface area contributed by atoms with Crippen molar-refractivity contribution in [1.29, 1.82) is 0 Å². The molecule has 2 rings (SSSR count). The number of rotatable bonds is 2. The lowest BCUT2D eigenvalue weighted by atomic mass is 9.80. The Morgan fingerprint density at radius 1 is 1.42 bits per heavy atom. The summed E-state index contributed by atoms with van der Waals surface area (Å²) in [5.74, 6) is 1.16. The smallest absolute Gasteiger partial charge is 0.274 e. The number of anilines is 1. The molecular formula is C14H22N4O. The highest BCUT2D eigenvalue weighted by atomic mass is 16.2. The molecule has 5 heteroatoms. The summed E-state index contributed by atoms with van der Waals surface area (Å²) < 4.78 is 0. The van der Waals surface area contributed by atoms with Crippen LogP contribution in [0.1, 0.15) is 37.7 Å². The summed E-state index contributed by atoms with van der Waals surface area (Å²) in [7, 11) is 1.77. The Morgan fingerprint density at radius 2 is 2.16 bits per heavy atom. The van der Waals surface area contributed by atoms with Crippen molar-refractivity contribution in [3.63, 3.8) is 0 Å². The van der Waals surface area contributed by atoms with Crippen molar-refractivity contribution in [2.75, 3.05) is 25.5 Å². The van der Waals surface area contributed by atoms with Gasteiger partial charge in [0, 0.05) is 20.1 Å². The van der Waals surface area contributed by atoms with E-state index in [2.05, 4.69) is 36.1 Å². The summed E-state index contributed by atoms with van der Waals surface area (Å²) in [4.78, 5) is 22.6. The van der Waals surface area contributed by atoms with E-state index in [9.17, 15) is 4.79 Å². The van der Waals surface area contributed by atoms with Gasteiger partial charge in [0.25, 0.3) is 5.91 Å². The normalized spacial score (nSPS) is 19.6. The summed E-state index contributed by atoms with van der Waals surface area (Å²) >= 11 is 0. The molecule has 5 nitrogen and oxygen atoms in total. The molecule has 2 heterocycles.